The molecule has 0 spiro atoms. The van der Waals surface area contributed by atoms with Gasteiger partial charge in [0.2, 0.25) is 0 Å². The molecule has 0 aromatic carbocycles. The van der Waals surface area contributed by atoms with Crippen LogP contribution < -0.4 is 5.56 Å². The zero-order chi connectivity index (χ0) is 19.0. The Bertz CT molecular complexity index is 1150. The van der Waals surface area contributed by atoms with Gasteiger partial charge in [-0.15, -0.1) is 11.3 Å². The predicted octanol–water partition coefficient (Wildman–Crippen LogP) is 4.14. The molecule has 0 aliphatic rings. The molecule has 0 aliphatic carbocycles. The monoisotopic (exact) mass is 388 g/mol. The van der Waals surface area contributed by atoms with Crippen LogP contribution in [0.5, 0.6) is 0 Å². The van der Waals surface area contributed by atoms with Gasteiger partial charge in [-0.25, -0.2) is 4.68 Å². The molecule has 0 N–H and O–H groups in total. The summed E-state index contributed by atoms with van der Waals surface area (Å²) in [5.41, 5.74) is 1.42. The van der Waals surface area contributed by atoms with Crippen LogP contribution in [0.3, 0.4) is 0 Å². The van der Waals surface area contributed by atoms with E-state index < -0.39 is 18.3 Å². The number of alkyl halides is 3. The van der Waals surface area contributed by atoms with Gasteiger partial charge in [0.05, 0.1) is 10.1 Å². The average molecular weight is 388 g/mol. The highest BCUT2D eigenvalue weighted by Crippen LogP contribution is 2.36. The molecule has 0 bridgehead atoms. The minimum Gasteiger partial charge on any atom is -0.267 e. The molecular formula is C18H11F3N4OS. The van der Waals surface area contributed by atoms with Crippen LogP contribution in [-0.2, 0) is 6.54 Å². The van der Waals surface area contributed by atoms with Crippen LogP contribution in [0.4, 0.5) is 13.2 Å². The van der Waals surface area contributed by atoms with E-state index in [1.54, 1.807) is 42.0 Å². The first kappa shape index (κ1) is 17.3. The number of thiophene rings is 1. The van der Waals surface area contributed by atoms with Crippen molar-refractivity contribution < 1.29 is 13.2 Å². The van der Waals surface area contributed by atoms with Crippen molar-refractivity contribution in [1.82, 2.24) is 19.7 Å². The van der Waals surface area contributed by atoms with Crippen LogP contribution >= 0.6 is 11.3 Å². The van der Waals surface area contributed by atoms with Gasteiger partial charge in [0.15, 0.2) is 0 Å². The number of rotatable bonds is 3. The summed E-state index contributed by atoms with van der Waals surface area (Å²) in [7, 11) is 0. The molecule has 0 amide bonds. The highest BCUT2D eigenvalue weighted by atomic mass is 32.1. The maximum Gasteiger partial charge on any atom is 0.408 e. The SMILES string of the molecule is O=c1c2c(-c3ccncc3)csc2c(-c2ccncc2)nn1CC(F)(F)F. The fourth-order valence-electron chi connectivity index (χ4n) is 2.80. The maximum atomic E-state index is 13.0. The van der Waals surface area contributed by atoms with Gasteiger partial charge in [0, 0.05) is 41.3 Å². The summed E-state index contributed by atoms with van der Waals surface area (Å²) in [4.78, 5) is 20.7. The van der Waals surface area contributed by atoms with Crippen molar-refractivity contribution in [2.24, 2.45) is 0 Å². The van der Waals surface area contributed by atoms with Gasteiger partial charge >= 0.3 is 6.18 Å². The van der Waals surface area contributed by atoms with E-state index in [0.717, 1.165) is 0 Å². The van der Waals surface area contributed by atoms with E-state index in [9.17, 15) is 18.0 Å². The van der Waals surface area contributed by atoms with E-state index in [1.807, 2.05) is 0 Å². The molecule has 0 aliphatic heterocycles. The van der Waals surface area contributed by atoms with Gasteiger partial charge in [-0.2, -0.15) is 18.3 Å². The van der Waals surface area contributed by atoms with E-state index in [0.29, 0.717) is 31.8 Å². The summed E-state index contributed by atoms with van der Waals surface area (Å²) in [5, 5.41) is 5.99. The Morgan fingerprint density at radius 1 is 0.963 bits per heavy atom. The number of hydrogen-bond acceptors (Lipinski definition) is 5. The van der Waals surface area contributed by atoms with Gasteiger partial charge in [0.1, 0.15) is 12.2 Å². The molecule has 0 atom stereocenters. The fourth-order valence-corrected chi connectivity index (χ4v) is 3.88. The van der Waals surface area contributed by atoms with Gasteiger partial charge in [0.25, 0.3) is 5.56 Å². The van der Waals surface area contributed by atoms with Crippen LogP contribution in [0.1, 0.15) is 0 Å². The number of pyridine rings is 2. The lowest BCUT2D eigenvalue weighted by Gasteiger charge is -2.12. The average Bonchev–Trinajstić information content (AvgIpc) is 3.10. The second-order valence-corrected chi connectivity index (χ2v) is 6.63. The smallest absolute Gasteiger partial charge is 0.267 e. The second kappa shape index (κ2) is 6.58. The Hall–Kier alpha value is -3.07. The third kappa shape index (κ3) is 3.33. The minimum absolute atomic E-state index is 0.220. The summed E-state index contributed by atoms with van der Waals surface area (Å²) in [5.74, 6) is 0. The van der Waals surface area contributed by atoms with Gasteiger partial charge in [-0.05, 0) is 29.8 Å². The molecule has 4 heterocycles. The van der Waals surface area contributed by atoms with Crippen molar-refractivity contribution >= 4 is 21.4 Å². The normalized spacial score (nSPS) is 11.8. The third-order valence-electron chi connectivity index (χ3n) is 3.95. The van der Waals surface area contributed by atoms with Gasteiger partial charge in [-0.3, -0.25) is 14.8 Å². The molecule has 5 nitrogen and oxygen atoms in total. The van der Waals surface area contributed by atoms with Crippen LogP contribution in [0.15, 0.2) is 59.2 Å². The minimum atomic E-state index is -4.56. The predicted molar refractivity (Wildman–Crippen MR) is 96.4 cm³/mol. The van der Waals surface area contributed by atoms with Crippen molar-refractivity contribution in [3.8, 4) is 22.4 Å². The molecule has 0 fully saturated rings. The molecule has 4 aromatic rings. The standard InChI is InChI=1S/C18H11F3N4OS/c19-18(20,21)10-25-17(26)14-13(11-1-5-22-6-2-11)9-27-16(14)15(24-25)12-3-7-23-8-4-12/h1-9H,10H2. The molecule has 0 unspecified atom stereocenters. The number of aromatic nitrogens is 4. The van der Waals surface area contributed by atoms with Crippen LogP contribution in [0.25, 0.3) is 32.5 Å². The quantitative estimate of drug-likeness (QED) is 0.529. The molecular weight excluding hydrogens is 377 g/mol. The second-order valence-electron chi connectivity index (χ2n) is 5.75. The Morgan fingerprint density at radius 2 is 1.56 bits per heavy atom. The van der Waals surface area contributed by atoms with Crippen molar-refractivity contribution in [1.29, 1.82) is 0 Å². The first-order valence-corrected chi connectivity index (χ1v) is 8.72. The van der Waals surface area contributed by atoms with E-state index in [-0.39, 0.29) is 5.39 Å². The fraction of sp³-hybridized carbons (Fsp3) is 0.111. The maximum absolute atomic E-state index is 13.0. The van der Waals surface area contributed by atoms with E-state index >= 15 is 0 Å². The molecule has 0 radical (unpaired) electrons. The van der Waals surface area contributed by atoms with E-state index in [1.165, 1.54) is 23.7 Å². The topological polar surface area (TPSA) is 60.7 Å². The Labute approximate surface area is 154 Å². The summed E-state index contributed by atoms with van der Waals surface area (Å²) < 4.78 is 40.0. The zero-order valence-corrected chi connectivity index (χ0v) is 14.5. The summed E-state index contributed by atoms with van der Waals surface area (Å²) in [6.07, 6.45) is 1.63. The van der Waals surface area contributed by atoms with E-state index in [2.05, 4.69) is 15.1 Å². The highest BCUT2D eigenvalue weighted by Gasteiger charge is 2.30. The Balaban J connectivity index is 2.05. The highest BCUT2D eigenvalue weighted by molar-refractivity contribution is 7.18. The van der Waals surface area contributed by atoms with Crippen molar-refractivity contribution in [3.05, 3.63) is 64.8 Å². The molecule has 4 rings (SSSR count). The van der Waals surface area contributed by atoms with Crippen molar-refractivity contribution in [2.75, 3.05) is 0 Å². The lowest BCUT2D eigenvalue weighted by Crippen LogP contribution is -2.30. The lowest BCUT2D eigenvalue weighted by molar-refractivity contribution is -0.143. The first-order chi connectivity index (χ1) is 12.9. The molecule has 9 heteroatoms. The Kier molecular flexibility index (Phi) is 4.23. The molecule has 0 saturated carbocycles. The number of hydrogen-bond donors (Lipinski definition) is 0. The Morgan fingerprint density at radius 3 is 2.15 bits per heavy atom. The number of halogens is 3. The van der Waals surface area contributed by atoms with E-state index in [4.69, 9.17) is 0 Å². The molecule has 0 saturated heterocycles. The van der Waals surface area contributed by atoms with Gasteiger partial charge in [-0.1, -0.05) is 0 Å². The van der Waals surface area contributed by atoms with Crippen molar-refractivity contribution in [2.45, 2.75) is 12.7 Å². The van der Waals surface area contributed by atoms with Crippen LogP contribution in [0.2, 0.25) is 0 Å². The first-order valence-electron chi connectivity index (χ1n) is 7.84. The third-order valence-corrected chi connectivity index (χ3v) is 4.94. The van der Waals surface area contributed by atoms with Crippen molar-refractivity contribution in [3.63, 3.8) is 0 Å². The summed E-state index contributed by atoms with van der Waals surface area (Å²) >= 11 is 1.27. The molecule has 4 aromatic heterocycles. The largest absolute Gasteiger partial charge is 0.408 e. The molecule has 27 heavy (non-hydrogen) atoms. The summed E-state index contributed by atoms with van der Waals surface area (Å²) in [6, 6.07) is 6.72. The van der Waals surface area contributed by atoms with Crippen LogP contribution in [-0.4, -0.2) is 25.9 Å². The molecule has 136 valence electrons. The summed E-state index contributed by atoms with van der Waals surface area (Å²) in [6.45, 7) is -1.45. The van der Waals surface area contributed by atoms with Crippen LogP contribution in [0, 0.1) is 0 Å². The number of fused-ring (bicyclic) bond motifs is 1. The van der Waals surface area contributed by atoms with Gasteiger partial charge < -0.3 is 0 Å². The zero-order valence-electron chi connectivity index (χ0n) is 13.6. The lowest BCUT2D eigenvalue weighted by atomic mass is 10.1. The number of nitrogens with zero attached hydrogens (tertiary/aromatic N) is 4.